The second kappa shape index (κ2) is 10.1. The number of ether oxygens (including phenoxy) is 1. The van der Waals surface area contributed by atoms with Crippen LogP contribution in [0.2, 0.25) is 0 Å². The number of rotatable bonds is 8. The van der Waals surface area contributed by atoms with Crippen LogP contribution in [0.5, 0.6) is 17.2 Å². The molecule has 4 N–H and O–H groups in total. The average molecular weight is 499 g/mol. The highest BCUT2D eigenvalue weighted by Crippen LogP contribution is 2.38. The molecule has 2 aromatic heterocycles. The molecule has 0 aliphatic carbocycles. The van der Waals surface area contributed by atoms with Gasteiger partial charge in [0, 0.05) is 36.0 Å². The highest BCUT2D eigenvalue weighted by Gasteiger charge is 2.27. The third kappa shape index (κ3) is 4.73. The molecule has 0 aliphatic rings. The van der Waals surface area contributed by atoms with Crippen molar-refractivity contribution in [2.45, 2.75) is 18.8 Å². The summed E-state index contributed by atoms with van der Waals surface area (Å²) in [7, 11) is 1.43. The summed E-state index contributed by atoms with van der Waals surface area (Å²) < 4.78 is 10.6. The van der Waals surface area contributed by atoms with Gasteiger partial charge in [0.2, 0.25) is 5.91 Å². The summed E-state index contributed by atoms with van der Waals surface area (Å²) in [5.74, 6) is -1.33. The Kier molecular flexibility index (Phi) is 6.55. The van der Waals surface area contributed by atoms with Gasteiger partial charge in [-0.3, -0.25) is 4.79 Å². The summed E-state index contributed by atoms with van der Waals surface area (Å²) in [4.78, 5) is 29.3. The van der Waals surface area contributed by atoms with E-state index in [0.717, 1.165) is 16.5 Å². The molecule has 5 aromatic rings. The Balaban J connectivity index is 1.43. The maximum Gasteiger partial charge on any atom is 0.343 e. The lowest BCUT2D eigenvalue weighted by Gasteiger charge is -2.19. The molecule has 1 amide bonds. The minimum absolute atomic E-state index is 0.0463. The topological polar surface area (TPSA) is 125 Å². The predicted molar refractivity (Wildman–Crippen MR) is 140 cm³/mol. The van der Waals surface area contributed by atoms with Crippen LogP contribution in [0.4, 0.5) is 0 Å². The van der Waals surface area contributed by atoms with Crippen LogP contribution in [0.15, 0.2) is 82.1 Å². The number of aromatic amines is 1. The molecular formula is C29H26N2O6. The molecule has 0 aliphatic heterocycles. The summed E-state index contributed by atoms with van der Waals surface area (Å²) in [6.07, 6.45) is 2.40. The number of benzene rings is 3. The molecule has 0 radical (unpaired) electrons. The third-order valence-electron chi connectivity index (χ3n) is 6.55. The standard InChI is InChI=1S/C29H26N2O6/c1-36-25-11-10-17(14-23(25)32)21(27-28(34)20-7-3-5-9-24(20)37-29(27)35)15-26(33)30-13-12-18-16-31-22-8-4-2-6-19(18)22/h2-11,14,16,21,31-32,34H,12-13,15H2,1H3,(H,30,33)/t21-/m0/s1. The van der Waals surface area contributed by atoms with Gasteiger partial charge in [-0.1, -0.05) is 36.4 Å². The van der Waals surface area contributed by atoms with Crippen molar-refractivity contribution < 1.29 is 24.2 Å². The van der Waals surface area contributed by atoms with Crippen LogP contribution in [-0.2, 0) is 11.2 Å². The lowest BCUT2D eigenvalue weighted by atomic mass is 9.87. The van der Waals surface area contributed by atoms with Crippen LogP contribution in [-0.4, -0.2) is 34.8 Å². The summed E-state index contributed by atoms with van der Waals surface area (Å²) in [5.41, 5.74) is 2.02. The largest absolute Gasteiger partial charge is 0.507 e. The first kappa shape index (κ1) is 24.0. The van der Waals surface area contributed by atoms with Crippen molar-refractivity contribution in [2.75, 3.05) is 13.7 Å². The lowest BCUT2D eigenvalue weighted by molar-refractivity contribution is -0.121. The van der Waals surface area contributed by atoms with Crippen molar-refractivity contribution in [1.29, 1.82) is 0 Å². The van der Waals surface area contributed by atoms with E-state index in [9.17, 15) is 19.8 Å². The molecule has 0 bridgehead atoms. The van der Waals surface area contributed by atoms with E-state index in [1.165, 1.54) is 13.2 Å². The molecule has 8 heteroatoms. The average Bonchev–Trinajstić information content (AvgIpc) is 3.31. The lowest BCUT2D eigenvalue weighted by Crippen LogP contribution is -2.28. The molecule has 0 unspecified atom stereocenters. The maximum absolute atomic E-state index is 13.1. The second-order valence-corrected chi connectivity index (χ2v) is 8.80. The number of amides is 1. The second-order valence-electron chi connectivity index (χ2n) is 8.80. The van der Waals surface area contributed by atoms with Crippen LogP contribution in [0.1, 0.15) is 29.0 Å². The molecule has 188 valence electrons. The van der Waals surface area contributed by atoms with Gasteiger partial charge in [-0.2, -0.15) is 0 Å². The van der Waals surface area contributed by atoms with Crippen molar-refractivity contribution >= 4 is 27.8 Å². The molecular weight excluding hydrogens is 472 g/mol. The Hall–Kier alpha value is -4.72. The van der Waals surface area contributed by atoms with E-state index in [1.807, 2.05) is 30.5 Å². The maximum atomic E-state index is 13.1. The number of phenols is 1. The molecule has 3 aromatic carbocycles. The Morgan fingerprint density at radius 2 is 1.81 bits per heavy atom. The van der Waals surface area contributed by atoms with Crippen molar-refractivity contribution in [3.05, 3.63) is 100 Å². The molecule has 0 spiro atoms. The minimum Gasteiger partial charge on any atom is -0.507 e. The van der Waals surface area contributed by atoms with E-state index in [-0.39, 0.29) is 40.7 Å². The van der Waals surface area contributed by atoms with Crippen LogP contribution in [0.25, 0.3) is 21.9 Å². The Morgan fingerprint density at radius 3 is 2.59 bits per heavy atom. The molecule has 8 nitrogen and oxygen atoms in total. The van der Waals surface area contributed by atoms with Crippen molar-refractivity contribution in [3.8, 4) is 17.2 Å². The van der Waals surface area contributed by atoms with Gasteiger partial charge < -0.3 is 29.7 Å². The van der Waals surface area contributed by atoms with Gasteiger partial charge in [0.05, 0.1) is 18.1 Å². The van der Waals surface area contributed by atoms with E-state index in [4.69, 9.17) is 9.15 Å². The number of hydrogen-bond acceptors (Lipinski definition) is 6. The fraction of sp³-hybridized carbons (Fsp3) is 0.172. The molecule has 0 saturated carbocycles. The fourth-order valence-electron chi connectivity index (χ4n) is 4.70. The Labute approximate surface area is 212 Å². The monoisotopic (exact) mass is 498 g/mol. The fourth-order valence-corrected chi connectivity index (χ4v) is 4.70. The minimum atomic E-state index is -0.870. The SMILES string of the molecule is COc1ccc([C@H](CC(=O)NCCc2c[nH]c3ccccc23)c2c(O)c3ccccc3oc2=O)cc1O. The summed E-state index contributed by atoms with van der Waals surface area (Å²) in [5, 5.41) is 25.8. The van der Waals surface area contributed by atoms with Gasteiger partial charge in [-0.25, -0.2) is 4.79 Å². The number of methoxy groups -OCH3 is 1. The highest BCUT2D eigenvalue weighted by molar-refractivity contribution is 5.85. The summed E-state index contributed by atoms with van der Waals surface area (Å²) in [6.45, 7) is 0.388. The zero-order valence-corrected chi connectivity index (χ0v) is 20.2. The number of phenolic OH excluding ortho intramolecular Hbond substituents is 1. The number of carbonyl (C=O) groups is 1. The van der Waals surface area contributed by atoms with E-state index in [2.05, 4.69) is 10.3 Å². The summed E-state index contributed by atoms with van der Waals surface area (Å²) in [6, 6.07) is 19.2. The number of hydrogen-bond donors (Lipinski definition) is 4. The van der Waals surface area contributed by atoms with Crippen molar-refractivity contribution in [3.63, 3.8) is 0 Å². The number of para-hydroxylation sites is 2. The predicted octanol–water partition coefficient (Wildman–Crippen LogP) is 4.58. The van der Waals surface area contributed by atoms with Crippen LogP contribution >= 0.6 is 0 Å². The molecule has 0 saturated heterocycles. The third-order valence-corrected chi connectivity index (χ3v) is 6.55. The van der Waals surface area contributed by atoms with E-state index in [0.29, 0.717) is 23.9 Å². The van der Waals surface area contributed by atoms with Crippen LogP contribution in [0.3, 0.4) is 0 Å². The molecule has 37 heavy (non-hydrogen) atoms. The molecule has 0 fully saturated rings. The van der Waals surface area contributed by atoms with Gasteiger partial charge in [-0.15, -0.1) is 0 Å². The molecule has 2 heterocycles. The number of H-pyrrole nitrogens is 1. The van der Waals surface area contributed by atoms with E-state index >= 15 is 0 Å². The van der Waals surface area contributed by atoms with Gasteiger partial charge in [0.25, 0.3) is 0 Å². The Bertz CT molecular complexity index is 1650. The van der Waals surface area contributed by atoms with Crippen molar-refractivity contribution in [2.24, 2.45) is 0 Å². The normalized spacial score (nSPS) is 12.0. The highest BCUT2D eigenvalue weighted by atomic mass is 16.5. The number of carbonyl (C=O) groups excluding carboxylic acids is 1. The van der Waals surface area contributed by atoms with Crippen LogP contribution in [0, 0.1) is 0 Å². The van der Waals surface area contributed by atoms with Gasteiger partial charge in [-0.05, 0) is 47.9 Å². The number of aromatic hydroxyl groups is 2. The van der Waals surface area contributed by atoms with Gasteiger partial charge in [0.15, 0.2) is 11.5 Å². The van der Waals surface area contributed by atoms with E-state index < -0.39 is 11.5 Å². The number of fused-ring (bicyclic) bond motifs is 2. The first-order chi connectivity index (χ1) is 18.0. The number of nitrogens with one attached hydrogen (secondary N) is 2. The first-order valence-electron chi connectivity index (χ1n) is 11.9. The van der Waals surface area contributed by atoms with Crippen molar-refractivity contribution in [1.82, 2.24) is 10.3 Å². The quantitative estimate of drug-likeness (QED) is 0.232. The van der Waals surface area contributed by atoms with E-state index in [1.54, 1.807) is 36.4 Å². The first-order valence-corrected chi connectivity index (χ1v) is 11.9. The van der Waals surface area contributed by atoms with Gasteiger partial charge in [0.1, 0.15) is 11.3 Å². The smallest absolute Gasteiger partial charge is 0.343 e. The zero-order valence-electron chi connectivity index (χ0n) is 20.2. The number of aromatic nitrogens is 1. The summed E-state index contributed by atoms with van der Waals surface area (Å²) >= 11 is 0. The molecule has 1 atom stereocenters. The Morgan fingerprint density at radius 1 is 1.05 bits per heavy atom. The van der Waals surface area contributed by atoms with Crippen LogP contribution < -0.4 is 15.7 Å². The molecule has 5 rings (SSSR count). The zero-order chi connectivity index (χ0) is 25.9. The van der Waals surface area contributed by atoms with Gasteiger partial charge >= 0.3 is 5.63 Å².